The molecule has 1 saturated carbocycles. The molecule has 118 valence electrons. The van der Waals surface area contributed by atoms with E-state index in [4.69, 9.17) is 9.51 Å². The second-order valence-corrected chi connectivity index (χ2v) is 6.82. The molecule has 3 rings (SSSR count). The first kappa shape index (κ1) is 15.0. The quantitative estimate of drug-likeness (QED) is 0.904. The molecule has 1 atom stereocenters. The number of rotatable bonds is 5. The van der Waals surface area contributed by atoms with E-state index < -0.39 is 0 Å². The highest BCUT2D eigenvalue weighted by atomic mass is 16.5. The summed E-state index contributed by atoms with van der Waals surface area (Å²) in [6.45, 7) is 8.77. The van der Waals surface area contributed by atoms with Crippen LogP contribution in [0, 0.1) is 0 Å². The second kappa shape index (κ2) is 6.44. The Hall–Kier alpha value is -0.940. The summed E-state index contributed by atoms with van der Waals surface area (Å²) in [4.78, 5) is 7.32. The van der Waals surface area contributed by atoms with Crippen LogP contribution in [0.3, 0.4) is 0 Å². The lowest BCUT2D eigenvalue weighted by Crippen LogP contribution is -2.45. The third kappa shape index (κ3) is 3.14. The van der Waals surface area contributed by atoms with E-state index in [2.05, 4.69) is 29.2 Å². The molecule has 5 nitrogen and oxygen atoms in total. The molecular formula is C16H28N4O. The lowest BCUT2D eigenvalue weighted by molar-refractivity contribution is 0.155. The molecular weight excluding hydrogens is 264 g/mol. The van der Waals surface area contributed by atoms with E-state index in [-0.39, 0.29) is 5.41 Å². The van der Waals surface area contributed by atoms with Crippen molar-refractivity contribution in [2.45, 2.75) is 63.8 Å². The Morgan fingerprint density at radius 1 is 1.29 bits per heavy atom. The van der Waals surface area contributed by atoms with Crippen LogP contribution in [0.25, 0.3) is 0 Å². The third-order valence-corrected chi connectivity index (χ3v) is 5.12. The van der Waals surface area contributed by atoms with Crippen molar-refractivity contribution in [1.29, 1.82) is 0 Å². The van der Waals surface area contributed by atoms with Gasteiger partial charge in [0.1, 0.15) is 0 Å². The van der Waals surface area contributed by atoms with E-state index in [1.807, 2.05) is 0 Å². The van der Waals surface area contributed by atoms with Crippen molar-refractivity contribution < 1.29 is 4.52 Å². The maximum absolute atomic E-state index is 5.67. The van der Waals surface area contributed by atoms with Crippen molar-refractivity contribution >= 4 is 0 Å². The van der Waals surface area contributed by atoms with Gasteiger partial charge < -0.3 is 9.84 Å². The lowest BCUT2D eigenvalue weighted by atomic mass is 9.89. The van der Waals surface area contributed by atoms with Crippen molar-refractivity contribution in [3.8, 4) is 0 Å². The fourth-order valence-corrected chi connectivity index (χ4v) is 3.73. The summed E-state index contributed by atoms with van der Waals surface area (Å²) in [5.74, 6) is 1.77. The van der Waals surface area contributed by atoms with E-state index in [9.17, 15) is 0 Å². The van der Waals surface area contributed by atoms with Gasteiger partial charge in [0.2, 0.25) is 5.89 Å². The maximum atomic E-state index is 5.67. The van der Waals surface area contributed by atoms with E-state index in [0.717, 1.165) is 50.7 Å². The fraction of sp³-hybridized carbons (Fsp3) is 0.875. The molecule has 1 saturated heterocycles. The average Bonchev–Trinajstić information content (AvgIpc) is 3.16. The first-order valence-corrected chi connectivity index (χ1v) is 8.52. The SMILES string of the molecule is CCCC(c1noc(C2(C)CCCC2)n1)N1CCNCC1. The summed E-state index contributed by atoms with van der Waals surface area (Å²) in [5, 5.41) is 7.77. The molecule has 0 bridgehead atoms. The van der Waals surface area contributed by atoms with Crippen LogP contribution in [0.4, 0.5) is 0 Å². The Bertz CT molecular complexity index is 447. The number of hydrogen-bond acceptors (Lipinski definition) is 5. The highest BCUT2D eigenvalue weighted by Crippen LogP contribution is 2.40. The first-order chi connectivity index (χ1) is 10.2. The molecule has 1 aliphatic heterocycles. The summed E-state index contributed by atoms with van der Waals surface area (Å²) >= 11 is 0. The summed E-state index contributed by atoms with van der Waals surface area (Å²) < 4.78 is 5.67. The topological polar surface area (TPSA) is 54.2 Å². The normalized spacial score (nSPS) is 24.3. The highest BCUT2D eigenvalue weighted by molar-refractivity contribution is 5.07. The first-order valence-electron chi connectivity index (χ1n) is 8.52. The molecule has 1 aromatic heterocycles. The Morgan fingerprint density at radius 2 is 2.00 bits per heavy atom. The van der Waals surface area contributed by atoms with Gasteiger partial charge in [-0.15, -0.1) is 0 Å². The minimum absolute atomic E-state index is 0.117. The number of aromatic nitrogens is 2. The zero-order chi connectivity index (χ0) is 14.7. The van der Waals surface area contributed by atoms with Crippen LogP contribution < -0.4 is 5.32 Å². The molecule has 2 heterocycles. The van der Waals surface area contributed by atoms with E-state index in [1.165, 1.54) is 25.7 Å². The zero-order valence-corrected chi connectivity index (χ0v) is 13.4. The predicted octanol–water partition coefficient (Wildman–Crippen LogP) is 2.65. The van der Waals surface area contributed by atoms with Gasteiger partial charge in [0, 0.05) is 31.6 Å². The second-order valence-electron chi connectivity index (χ2n) is 6.82. The van der Waals surface area contributed by atoms with E-state index >= 15 is 0 Å². The van der Waals surface area contributed by atoms with Gasteiger partial charge in [-0.25, -0.2) is 0 Å². The Balaban J connectivity index is 1.77. The van der Waals surface area contributed by atoms with E-state index in [0.29, 0.717) is 6.04 Å². The Morgan fingerprint density at radius 3 is 2.67 bits per heavy atom. The van der Waals surface area contributed by atoms with Gasteiger partial charge in [0.05, 0.1) is 6.04 Å². The zero-order valence-electron chi connectivity index (χ0n) is 13.4. The summed E-state index contributed by atoms with van der Waals surface area (Å²) in [5.41, 5.74) is 0.117. The van der Waals surface area contributed by atoms with Crippen LogP contribution in [0.2, 0.25) is 0 Å². The molecule has 0 aromatic carbocycles. The van der Waals surface area contributed by atoms with Crippen LogP contribution in [-0.2, 0) is 5.41 Å². The Kier molecular flexibility index (Phi) is 4.60. The molecule has 0 amide bonds. The lowest BCUT2D eigenvalue weighted by Gasteiger charge is -2.33. The van der Waals surface area contributed by atoms with Crippen molar-refractivity contribution in [1.82, 2.24) is 20.4 Å². The van der Waals surface area contributed by atoms with Gasteiger partial charge >= 0.3 is 0 Å². The van der Waals surface area contributed by atoms with Gasteiger partial charge in [0.15, 0.2) is 5.82 Å². The smallest absolute Gasteiger partial charge is 0.232 e. The van der Waals surface area contributed by atoms with Crippen molar-refractivity contribution in [2.75, 3.05) is 26.2 Å². The number of piperazine rings is 1. The molecule has 1 unspecified atom stereocenters. The van der Waals surface area contributed by atoms with E-state index in [1.54, 1.807) is 0 Å². The van der Waals surface area contributed by atoms with Crippen LogP contribution in [0.15, 0.2) is 4.52 Å². The Labute approximate surface area is 127 Å². The molecule has 1 N–H and O–H groups in total. The van der Waals surface area contributed by atoms with Gasteiger partial charge in [-0.1, -0.05) is 38.3 Å². The summed E-state index contributed by atoms with van der Waals surface area (Å²) in [7, 11) is 0. The fourth-order valence-electron chi connectivity index (χ4n) is 3.73. The van der Waals surface area contributed by atoms with Crippen molar-refractivity contribution in [2.24, 2.45) is 0 Å². The summed E-state index contributed by atoms with van der Waals surface area (Å²) in [6.07, 6.45) is 7.18. The molecule has 2 aliphatic rings. The standard InChI is InChI=1S/C16H28N4O/c1-3-6-13(20-11-9-17-10-12-20)14-18-15(21-19-14)16(2)7-4-5-8-16/h13,17H,3-12H2,1-2H3. The molecule has 2 fully saturated rings. The van der Waals surface area contributed by atoms with Gasteiger partial charge in [0.25, 0.3) is 0 Å². The maximum Gasteiger partial charge on any atom is 0.232 e. The molecule has 21 heavy (non-hydrogen) atoms. The van der Waals surface area contributed by atoms with Crippen LogP contribution in [-0.4, -0.2) is 41.2 Å². The monoisotopic (exact) mass is 292 g/mol. The minimum Gasteiger partial charge on any atom is -0.339 e. The molecule has 1 aromatic rings. The number of nitrogens with one attached hydrogen (secondary N) is 1. The molecule has 1 aliphatic carbocycles. The highest BCUT2D eigenvalue weighted by Gasteiger charge is 2.37. The molecule has 0 radical (unpaired) electrons. The van der Waals surface area contributed by atoms with Gasteiger partial charge in [-0.05, 0) is 19.3 Å². The van der Waals surface area contributed by atoms with Crippen LogP contribution in [0.5, 0.6) is 0 Å². The van der Waals surface area contributed by atoms with Crippen molar-refractivity contribution in [3.05, 3.63) is 11.7 Å². The predicted molar refractivity (Wildman–Crippen MR) is 82.2 cm³/mol. The van der Waals surface area contributed by atoms with Crippen LogP contribution in [0.1, 0.15) is 70.1 Å². The largest absolute Gasteiger partial charge is 0.339 e. The minimum atomic E-state index is 0.117. The number of nitrogens with zero attached hydrogens (tertiary/aromatic N) is 3. The molecule has 0 spiro atoms. The number of hydrogen-bond donors (Lipinski definition) is 1. The summed E-state index contributed by atoms with van der Waals surface area (Å²) in [6, 6.07) is 0.319. The van der Waals surface area contributed by atoms with Crippen LogP contribution >= 0.6 is 0 Å². The third-order valence-electron chi connectivity index (χ3n) is 5.12. The van der Waals surface area contributed by atoms with Crippen molar-refractivity contribution in [3.63, 3.8) is 0 Å². The van der Waals surface area contributed by atoms with Gasteiger partial charge in [-0.2, -0.15) is 4.98 Å². The average molecular weight is 292 g/mol. The molecule has 5 heteroatoms. The van der Waals surface area contributed by atoms with Gasteiger partial charge in [-0.3, -0.25) is 4.90 Å².